The Labute approximate surface area is 395 Å². The number of unbranched alkanes of at least 4 members (excludes halogenated alkanes) is 23. The molecule has 0 fully saturated rings. The molecule has 3 unspecified atom stereocenters. The highest BCUT2D eigenvalue weighted by Gasteiger charge is 2.23. The van der Waals surface area contributed by atoms with Crippen LogP contribution < -0.4 is 5.32 Å². The summed E-state index contributed by atoms with van der Waals surface area (Å²) in [5, 5.41) is 23.7. The van der Waals surface area contributed by atoms with E-state index in [9.17, 15) is 19.8 Å². The summed E-state index contributed by atoms with van der Waals surface area (Å²) in [5.41, 5.74) is 0. The summed E-state index contributed by atoms with van der Waals surface area (Å²) in [4.78, 5) is 26.1. The van der Waals surface area contributed by atoms with Crippen molar-refractivity contribution in [2.24, 2.45) is 0 Å². The molecule has 0 heterocycles. The Morgan fingerprint density at radius 2 is 0.875 bits per heavy atom. The maximum atomic E-state index is 13.2. The number of aliphatic hydroxyl groups excluding tert-OH is 2. The van der Waals surface area contributed by atoms with Gasteiger partial charge in [0.25, 0.3) is 0 Å². The van der Waals surface area contributed by atoms with E-state index in [-0.39, 0.29) is 24.9 Å². The fraction of sp³-hybridized carbons (Fsp3) is 0.724. The highest BCUT2D eigenvalue weighted by atomic mass is 16.5. The maximum Gasteiger partial charge on any atom is 0.306 e. The molecular weight excluding hydrogens is 791 g/mol. The number of hydrogen-bond donors (Lipinski definition) is 3. The van der Waals surface area contributed by atoms with Crippen LogP contribution in [0.5, 0.6) is 0 Å². The van der Waals surface area contributed by atoms with Crippen molar-refractivity contribution in [2.45, 2.75) is 264 Å². The van der Waals surface area contributed by atoms with Crippen molar-refractivity contribution in [3.05, 3.63) is 85.1 Å². The lowest BCUT2D eigenvalue weighted by atomic mass is 10.0. The smallest absolute Gasteiger partial charge is 0.306 e. The van der Waals surface area contributed by atoms with Crippen molar-refractivity contribution in [2.75, 3.05) is 6.61 Å². The number of ether oxygens (including phenoxy) is 1. The molecule has 0 saturated carbocycles. The van der Waals surface area contributed by atoms with Gasteiger partial charge in [0, 0.05) is 6.42 Å². The molecule has 368 valence electrons. The molecule has 0 aromatic rings. The monoisotopic (exact) mass is 892 g/mol. The lowest BCUT2D eigenvalue weighted by Crippen LogP contribution is -2.46. The van der Waals surface area contributed by atoms with E-state index >= 15 is 0 Å². The zero-order valence-corrected chi connectivity index (χ0v) is 41.9. The zero-order valence-electron chi connectivity index (χ0n) is 41.9. The fourth-order valence-electron chi connectivity index (χ4n) is 7.66. The predicted molar refractivity (Wildman–Crippen MR) is 278 cm³/mol. The number of esters is 1. The fourth-order valence-corrected chi connectivity index (χ4v) is 7.66. The molecule has 0 aromatic heterocycles. The molecule has 3 atom stereocenters. The van der Waals surface area contributed by atoms with Crippen molar-refractivity contribution >= 4 is 11.9 Å². The summed E-state index contributed by atoms with van der Waals surface area (Å²) < 4.78 is 5.83. The summed E-state index contributed by atoms with van der Waals surface area (Å²) in [6.07, 6.45) is 66.8. The van der Waals surface area contributed by atoms with Gasteiger partial charge in [-0.05, 0) is 83.1 Å². The van der Waals surface area contributed by atoms with Gasteiger partial charge in [0.2, 0.25) is 5.91 Å². The summed E-state index contributed by atoms with van der Waals surface area (Å²) in [6, 6.07) is -0.746. The molecule has 0 spiro atoms. The van der Waals surface area contributed by atoms with E-state index in [1.807, 2.05) is 6.08 Å². The van der Waals surface area contributed by atoms with Crippen LogP contribution in [0.2, 0.25) is 0 Å². The average molecular weight is 892 g/mol. The number of allylic oxidation sites excluding steroid dienone is 13. The van der Waals surface area contributed by atoms with Gasteiger partial charge in [-0.1, -0.05) is 235 Å². The highest BCUT2D eigenvalue weighted by molar-refractivity contribution is 5.78. The molecule has 0 aromatic carbocycles. The molecule has 3 N–H and O–H groups in total. The number of rotatable bonds is 47. The van der Waals surface area contributed by atoms with Gasteiger partial charge in [0.05, 0.1) is 25.2 Å². The lowest BCUT2D eigenvalue weighted by molar-refractivity contribution is -0.148. The van der Waals surface area contributed by atoms with Crippen LogP contribution in [0.4, 0.5) is 0 Å². The number of carbonyl (C=O) groups is 2. The van der Waals surface area contributed by atoms with Crippen LogP contribution in [0.3, 0.4) is 0 Å². The Hall–Kier alpha value is -2.96. The van der Waals surface area contributed by atoms with Crippen LogP contribution in [0.1, 0.15) is 245 Å². The molecule has 0 aliphatic rings. The third-order valence-corrected chi connectivity index (χ3v) is 11.7. The Morgan fingerprint density at radius 1 is 0.484 bits per heavy atom. The minimum absolute atomic E-state index is 0.0505. The van der Waals surface area contributed by atoms with Crippen molar-refractivity contribution in [1.82, 2.24) is 5.32 Å². The second kappa shape index (κ2) is 51.0. The summed E-state index contributed by atoms with van der Waals surface area (Å²) in [6.45, 7) is 6.31. The first kappa shape index (κ1) is 61.0. The van der Waals surface area contributed by atoms with Gasteiger partial charge >= 0.3 is 5.97 Å². The summed E-state index contributed by atoms with van der Waals surface area (Å²) in [5.74, 6) is -0.634. The standard InChI is InChI=1S/C58H101NO5/c1-4-7-10-13-16-19-22-25-27-28-29-30-31-33-36-39-42-45-48-51-58(63)64-54(49-46-43-40-37-34-32-26-23-20-17-14-11-8-5-2)52-57(62)59-55(53-60)56(61)50-47-44-41-38-35-24-21-18-15-12-9-6-3/h8,11,16-17,19-20,25-27,32,37,40,46,49,54-56,60-61H,4-7,9-10,12-15,18,21-24,28-31,33-36,38-39,41-45,47-48,50-53H2,1-3H3,(H,59,62)/b11-8+,19-16-,20-17+,27-25-,32-26+,40-37+,49-46+. The Kier molecular flexibility index (Phi) is 48.7. The molecular formula is C58H101NO5. The number of carbonyl (C=O) groups excluding carboxylic acids is 2. The van der Waals surface area contributed by atoms with Crippen LogP contribution >= 0.6 is 0 Å². The first-order valence-electron chi connectivity index (χ1n) is 26.8. The molecule has 1 amide bonds. The predicted octanol–water partition coefficient (Wildman–Crippen LogP) is 16.3. The second-order valence-corrected chi connectivity index (χ2v) is 17.9. The normalized spacial score (nSPS) is 13.9. The van der Waals surface area contributed by atoms with Gasteiger partial charge in [0.1, 0.15) is 6.10 Å². The number of hydrogen-bond acceptors (Lipinski definition) is 5. The lowest BCUT2D eigenvalue weighted by Gasteiger charge is -2.23. The van der Waals surface area contributed by atoms with Crippen LogP contribution in [0.25, 0.3) is 0 Å². The van der Waals surface area contributed by atoms with Crippen LogP contribution in [0, 0.1) is 0 Å². The highest BCUT2D eigenvalue weighted by Crippen LogP contribution is 2.16. The van der Waals surface area contributed by atoms with Crippen LogP contribution in [-0.4, -0.2) is 46.9 Å². The van der Waals surface area contributed by atoms with Crippen LogP contribution in [-0.2, 0) is 14.3 Å². The van der Waals surface area contributed by atoms with E-state index in [0.29, 0.717) is 19.3 Å². The molecule has 0 aliphatic heterocycles. The Balaban J connectivity index is 4.68. The first-order chi connectivity index (χ1) is 31.5. The van der Waals surface area contributed by atoms with Gasteiger partial charge in [-0.3, -0.25) is 9.59 Å². The van der Waals surface area contributed by atoms with Gasteiger partial charge in [-0.25, -0.2) is 0 Å². The average Bonchev–Trinajstić information content (AvgIpc) is 3.29. The molecule has 0 rings (SSSR count). The van der Waals surface area contributed by atoms with E-state index in [4.69, 9.17) is 4.74 Å². The van der Waals surface area contributed by atoms with E-state index in [1.54, 1.807) is 6.08 Å². The minimum atomic E-state index is -0.823. The third-order valence-electron chi connectivity index (χ3n) is 11.7. The topological polar surface area (TPSA) is 95.9 Å². The van der Waals surface area contributed by atoms with Crippen molar-refractivity contribution in [3.63, 3.8) is 0 Å². The number of nitrogens with one attached hydrogen (secondary N) is 1. The number of amides is 1. The number of aliphatic hydroxyl groups is 2. The van der Waals surface area contributed by atoms with Gasteiger partial charge in [-0.15, -0.1) is 0 Å². The molecule has 64 heavy (non-hydrogen) atoms. The van der Waals surface area contributed by atoms with Gasteiger partial charge in [-0.2, -0.15) is 0 Å². The second-order valence-electron chi connectivity index (χ2n) is 17.9. The van der Waals surface area contributed by atoms with E-state index in [1.165, 1.54) is 128 Å². The van der Waals surface area contributed by atoms with Gasteiger partial charge < -0.3 is 20.3 Å². The Bertz CT molecular complexity index is 1230. The van der Waals surface area contributed by atoms with Crippen molar-refractivity contribution in [1.29, 1.82) is 0 Å². The summed E-state index contributed by atoms with van der Waals surface area (Å²) >= 11 is 0. The first-order valence-corrected chi connectivity index (χ1v) is 26.8. The zero-order chi connectivity index (χ0) is 46.7. The van der Waals surface area contributed by atoms with E-state index in [0.717, 1.165) is 70.6 Å². The quantitative estimate of drug-likeness (QED) is 0.0321. The van der Waals surface area contributed by atoms with E-state index < -0.39 is 18.2 Å². The third kappa shape index (κ3) is 45.6. The van der Waals surface area contributed by atoms with Crippen molar-refractivity contribution < 1.29 is 24.5 Å². The van der Waals surface area contributed by atoms with Crippen LogP contribution in [0.15, 0.2) is 85.1 Å². The molecule has 0 radical (unpaired) electrons. The maximum absolute atomic E-state index is 13.2. The molecule has 6 nitrogen and oxygen atoms in total. The summed E-state index contributed by atoms with van der Waals surface area (Å²) in [7, 11) is 0. The Morgan fingerprint density at radius 3 is 1.36 bits per heavy atom. The minimum Gasteiger partial charge on any atom is -0.458 e. The van der Waals surface area contributed by atoms with E-state index in [2.05, 4.69) is 99.0 Å². The molecule has 0 aliphatic carbocycles. The molecule has 6 heteroatoms. The largest absolute Gasteiger partial charge is 0.458 e. The SMILES string of the molecule is CC/C=C/C/C=C/C/C=C/C/C=C/C/C=C/C(CC(=O)NC(CO)C(O)CCCCCCCCCCCCCC)OC(=O)CCCCCCCCCCC/C=C\C/C=C\CCCCC. The van der Waals surface area contributed by atoms with Crippen molar-refractivity contribution in [3.8, 4) is 0 Å². The molecule has 0 bridgehead atoms. The molecule has 0 saturated heterocycles. The van der Waals surface area contributed by atoms with Gasteiger partial charge in [0.15, 0.2) is 0 Å².